The minimum atomic E-state index is -0.198. The van der Waals surface area contributed by atoms with Gasteiger partial charge in [-0.15, -0.1) is 11.6 Å². The number of aliphatic hydroxyl groups excluding tert-OH is 1. The van der Waals surface area contributed by atoms with Crippen molar-refractivity contribution in [3.63, 3.8) is 0 Å². The Morgan fingerprint density at radius 1 is 1.29 bits per heavy atom. The van der Waals surface area contributed by atoms with E-state index in [-0.39, 0.29) is 6.79 Å². The molecule has 1 N–H and O–H groups in total. The maximum absolute atomic E-state index is 8.03. The molecule has 1 aromatic rings. The normalized spacial score (nSPS) is 11.3. The first kappa shape index (κ1) is 11.5. The molecule has 0 aliphatic heterocycles. The van der Waals surface area contributed by atoms with Crippen LogP contribution in [0.5, 0.6) is 0 Å². The van der Waals surface area contributed by atoms with E-state index in [1.807, 2.05) is 0 Å². The number of rotatable bonds is 4. The second-order valence-corrected chi connectivity index (χ2v) is 3.40. The zero-order valence-electron chi connectivity index (χ0n) is 8.08. The number of alkyl halides is 1. The molecule has 0 unspecified atom stereocenters. The molecule has 0 radical (unpaired) electrons. The van der Waals surface area contributed by atoms with E-state index in [0.717, 1.165) is 6.42 Å². The summed E-state index contributed by atoms with van der Waals surface area (Å²) in [5.41, 5.74) is 3.06. The van der Waals surface area contributed by atoms with Gasteiger partial charge in [-0.25, -0.2) is 0 Å². The number of hydrogen-bond donors (Lipinski definition) is 1. The largest absolute Gasteiger partial charge is 0.371 e. The average Bonchev–Trinajstić information content (AvgIpc) is 2.98. The molecule has 0 saturated heterocycles. The van der Waals surface area contributed by atoms with Crippen LogP contribution in [0.4, 0.5) is 0 Å². The highest BCUT2D eigenvalue weighted by Crippen LogP contribution is 2.25. The Morgan fingerprint density at radius 3 is 2.36 bits per heavy atom. The third-order valence-electron chi connectivity index (χ3n) is 1.89. The maximum atomic E-state index is 8.03. The van der Waals surface area contributed by atoms with Crippen LogP contribution in [0.1, 0.15) is 17.5 Å². The summed E-state index contributed by atoms with van der Waals surface area (Å²) < 4.78 is 4.54. The first-order valence-corrected chi connectivity index (χ1v) is 5.23. The van der Waals surface area contributed by atoms with Gasteiger partial charge in [0.25, 0.3) is 0 Å². The molecule has 78 valence electrons. The van der Waals surface area contributed by atoms with Gasteiger partial charge in [-0.3, -0.25) is 0 Å². The molecule has 2 nitrogen and oxygen atoms in total. The quantitative estimate of drug-likeness (QED) is 0.480. The summed E-state index contributed by atoms with van der Waals surface area (Å²) >= 11 is 5.28. The molecular formula is C11H15ClO2. The fraction of sp³-hybridized carbons (Fsp3) is 0.455. The molecule has 0 fully saturated rings. The van der Waals surface area contributed by atoms with Crippen molar-refractivity contribution < 1.29 is 9.84 Å². The molecule has 1 aromatic carbocycles. The minimum absolute atomic E-state index is 0.198. The Bertz CT molecular complexity index is 238. The van der Waals surface area contributed by atoms with Crippen LogP contribution in [-0.2, 0) is 11.2 Å². The molecule has 0 heterocycles. The van der Waals surface area contributed by atoms with Crippen molar-refractivity contribution in [3.8, 4) is 0 Å². The summed E-state index contributed by atoms with van der Waals surface area (Å²) in [5.74, 6) is 0.597. The van der Waals surface area contributed by atoms with E-state index in [4.69, 9.17) is 16.7 Å². The maximum Gasteiger partial charge on any atom is 0.143 e. The molecule has 0 bridgehead atoms. The van der Waals surface area contributed by atoms with Gasteiger partial charge in [0, 0.05) is 5.88 Å². The predicted molar refractivity (Wildman–Crippen MR) is 57.6 cm³/mol. The zero-order chi connectivity index (χ0) is 10.2. The molecule has 0 atom stereocenters. The van der Waals surface area contributed by atoms with E-state index >= 15 is 0 Å². The number of hydrogen-bond acceptors (Lipinski definition) is 2. The van der Waals surface area contributed by atoms with Crippen LogP contribution in [0.15, 0.2) is 24.3 Å². The molecule has 0 aromatic heterocycles. The Labute approximate surface area is 89.5 Å². The average molecular weight is 215 g/mol. The van der Waals surface area contributed by atoms with E-state index in [0.29, 0.717) is 12.5 Å². The topological polar surface area (TPSA) is 29.5 Å². The summed E-state index contributed by atoms with van der Waals surface area (Å²) in [6.07, 6.45) is 2.05. The third-order valence-corrected chi connectivity index (χ3v) is 2.16. The summed E-state index contributed by atoms with van der Waals surface area (Å²) in [7, 11) is 0. The summed E-state index contributed by atoms with van der Waals surface area (Å²) in [5, 5.41) is 8.03. The van der Waals surface area contributed by atoms with Crippen molar-refractivity contribution in [3.05, 3.63) is 35.4 Å². The lowest BCUT2D eigenvalue weighted by molar-refractivity contribution is -0.000622. The minimum Gasteiger partial charge on any atom is -0.371 e. The van der Waals surface area contributed by atoms with Crippen LogP contribution in [0.2, 0.25) is 0 Å². The monoisotopic (exact) mass is 214 g/mol. The SMILES string of the molecule is OCOCCCCl.c1ccc2c(c1)C2. The number of benzene rings is 1. The number of halogens is 1. The Balaban J connectivity index is 0.000000140. The van der Waals surface area contributed by atoms with E-state index in [1.54, 1.807) is 0 Å². The van der Waals surface area contributed by atoms with Crippen LogP contribution < -0.4 is 0 Å². The Morgan fingerprint density at radius 2 is 1.93 bits per heavy atom. The highest BCUT2D eigenvalue weighted by Gasteiger charge is 2.12. The fourth-order valence-corrected chi connectivity index (χ4v) is 1.17. The summed E-state index contributed by atoms with van der Waals surface area (Å²) in [4.78, 5) is 0. The molecule has 0 amide bonds. The van der Waals surface area contributed by atoms with Crippen molar-refractivity contribution in [2.24, 2.45) is 0 Å². The second-order valence-electron chi connectivity index (χ2n) is 3.03. The molecule has 0 spiro atoms. The zero-order valence-corrected chi connectivity index (χ0v) is 8.83. The van der Waals surface area contributed by atoms with Gasteiger partial charge in [-0.1, -0.05) is 24.3 Å². The highest BCUT2D eigenvalue weighted by molar-refractivity contribution is 6.17. The van der Waals surface area contributed by atoms with Gasteiger partial charge in [0.15, 0.2) is 0 Å². The van der Waals surface area contributed by atoms with Crippen molar-refractivity contribution in [2.45, 2.75) is 12.8 Å². The Kier molecular flexibility index (Phi) is 5.60. The van der Waals surface area contributed by atoms with Gasteiger partial charge in [0.1, 0.15) is 6.79 Å². The van der Waals surface area contributed by atoms with Crippen molar-refractivity contribution in [1.29, 1.82) is 0 Å². The van der Waals surface area contributed by atoms with Crippen molar-refractivity contribution in [1.82, 2.24) is 0 Å². The molecule has 14 heavy (non-hydrogen) atoms. The van der Waals surface area contributed by atoms with Gasteiger partial charge in [0.05, 0.1) is 6.61 Å². The molecule has 1 aliphatic rings. The lowest BCUT2D eigenvalue weighted by Gasteiger charge is -1.93. The van der Waals surface area contributed by atoms with E-state index < -0.39 is 0 Å². The van der Waals surface area contributed by atoms with Crippen LogP contribution >= 0.6 is 11.6 Å². The molecular weight excluding hydrogens is 200 g/mol. The first-order valence-electron chi connectivity index (χ1n) is 4.70. The second kappa shape index (κ2) is 6.82. The van der Waals surface area contributed by atoms with Gasteiger partial charge in [-0.2, -0.15) is 0 Å². The van der Waals surface area contributed by atoms with Gasteiger partial charge in [0.2, 0.25) is 0 Å². The van der Waals surface area contributed by atoms with Crippen LogP contribution in [0.3, 0.4) is 0 Å². The standard InChI is InChI=1S/C7H6.C4H9ClO2/c1-2-4-7-5-6(7)3-1;5-2-1-3-7-4-6/h1-4H,5H2;6H,1-4H2. The molecule has 1 aliphatic carbocycles. The van der Waals surface area contributed by atoms with Gasteiger partial charge in [-0.05, 0) is 24.0 Å². The molecule has 3 heteroatoms. The number of fused-ring (bicyclic) bond motifs is 1. The van der Waals surface area contributed by atoms with Gasteiger partial charge < -0.3 is 9.84 Å². The van der Waals surface area contributed by atoms with E-state index in [9.17, 15) is 0 Å². The van der Waals surface area contributed by atoms with Crippen molar-refractivity contribution >= 4 is 11.6 Å². The summed E-state index contributed by atoms with van der Waals surface area (Å²) in [6, 6.07) is 8.53. The van der Waals surface area contributed by atoms with Crippen molar-refractivity contribution in [2.75, 3.05) is 19.3 Å². The Hall–Kier alpha value is -0.570. The summed E-state index contributed by atoms with van der Waals surface area (Å²) in [6.45, 7) is 0.358. The molecule has 0 saturated carbocycles. The van der Waals surface area contributed by atoms with Crippen LogP contribution in [0.25, 0.3) is 0 Å². The lowest BCUT2D eigenvalue weighted by atomic mass is 10.4. The highest BCUT2D eigenvalue weighted by atomic mass is 35.5. The van der Waals surface area contributed by atoms with Crippen LogP contribution in [-0.4, -0.2) is 24.4 Å². The fourth-order valence-electron chi connectivity index (χ4n) is 1.06. The van der Waals surface area contributed by atoms with Crippen LogP contribution in [0, 0.1) is 0 Å². The number of aliphatic hydroxyl groups is 1. The predicted octanol–water partition coefficient (Wildman–Crippen LogP) is 2.17. The van der Waals surface area contributed by atoms with E-state index in [2.05, 4.69) is 29.0 Å². The van der Waals surface area contributed by atoms with E-state index in [1.165, 1.54) is 17.5 Å². The number of ether oxygens (including phenoxy) is 1. The molecule has 2 rings (SSSR count). The van der Waals surface area contributed by atoms with Gasteiger partial charge >= 0.3 is 0 Å². The lowest BCUT2D eigenvalue weighted by Crippen LogP contribution is -1.94. The third kappa shape index (κ3) is 4.61. The first-order chi connectivity index (χ1) is 6.88. The smallest absolute Gasteiger partial charge is 0.143 e.